The Labute approximate surface area is 169 Å². The number of fused-ring (bicyclic) bond motifs is 1. The lowest BCUT2D eigenvalue weighted by Gasteiger charge is -2.16. The van der Waals surface area contributed by atoms with Crippen LogP contribution in [0, 0.1) is 0 Å². The smallest absolute Gasteiger partial charge is 0.305 e. The summed E-state index contributed by atoms with van der Waals surface area (Å²) in [5.74, 6) is 0.799. The van der Waals surface area contributed by atoms with Gasteiger partial charge < -0.3 is 20.1 Å². The van der Waals surface area contributed by atoms with Crippen molar-refractivity contribution in [3.8, 4) is 5.75 Å². The highest BCUT2D eigenvalue weighted by Crippen LogP contribution is 2.34. The quantitative estimate of drug-likeness (QED) is 0.599. The number of rotatable bonds is 8. The first-order chi connectivity index (χ1) is 13.6. The normalized spacial score (nSPS) is 19.9. The molecule has 1 aliphatic carbocycles. The van der Waals surface area contributed by atoms with Gasteiger partial charge in [-0.2, -0.15) is 0 Å². The zero-order valence-corrected chi connectivity index (χ0v) is 17.0. The van der Waals surface area contributed by atoms with Gasteiger partial charge in [-0.05, 0) is 31.4 Å². The highest BCUT2D eigenvalue weighted by atomic mass is 32.2. The predicted octanol–water partition coefficient (Wildman–Crippen LogP) is 4.65. The number of benzene rings is 1. The highest BCUT2D eigenvalue weighted by Gasteiger charge is 2.24. The molecule has 6 nitrogen and oxygen atoms in total. The van der Waals surface area contributed by atoms with E-state index in [9.17, 15) is 4.79 Å². The first-order valence-electron chi connectivity index (χ1n) is 10.1. The maximum atomic E-state index is 11.0. The molecule has 1 aliphatic heterocycles. The lowest BCUT2D eigenvalue weighted by Crippen LogP contribution is -2.14. The molecule has 7 heteroatoms. The summed E-state index contributed by atoms with van der Waals surface area (Å²) in [5, 5.41) is 14.7. The Morgan fingerprint density at radius 1 is 1.36 bits per heavy atom. The molecule has 2 aromatic rings. The Balaban J connectivity index is 1.65. The van der Waals surface area contributed by atoms with Crippen LogP contribution in [0.2, 0.25) is 0 Å². The molecular formula is C21H27N3O3S. The van der Waals surface area contributed by atoms with E-state index in [0.717, 1.165) is 45.3 Å². The minimum absolute atomic E-state index is 0.0836. The Bertz CT molecular complexity index is 886. The van der Waals surface area contributed by atoms with Crippen molar-refractivity contribution in [3.63, 3.8) is 0 Å². The summed E-state index contributed by atoms with van der Waals surface area (Å²) in [6, 6.07) is 6.62. The van der Waals surface area contributed by atoms with E-state index in [0.29, 0.717) is 12.6 Å². The van der Waals surface area contributed by atoms with Crippen LogP contribution >= 0.6 is 11.8 Å². The number of carbonyl (C=O) groups is 1. The van der Waals surface area contributed by atoms with Crippen LogP contribution in [0.5, 0.6) is 5.75 Å². The first kappa shape index (κ1) is 19.2. The number of anilines is 1. The van der Waals surface area contributed by atoms with Crippen molar-refractivity contribution in [2.45, 2.75) is 57.5 Å². The molecule has 2 heterocycles. The molecule has 0 spiro atoms. The second kappa shape index (κ2) is 8.47. The predicted molar refractivity (Wildman–Crippen MR) is 115 cm³/mol. The highest BCUT2D eigenvalue weighted by molar-refractivity contribution is 8.14. The van der Waals surface area contributed by atoms with Gasteiger partial charge in [-0.3, -0.25) is 9.79 Å². The van der Waals surface area contributed by atoms with E-state index >= 15 is 0 Å². The van der Waals surface area contributed by atoms with E-state index < -0.39 is 5.97 Å². The maximum Gasteiger partial charge on any atom is 0.305 e. The number of hydrogen-bond acceptors (Lipinski definition) is 5. The fraction of sp³-hybridized carbons (Fsp3) is 0.524. The van der Waals surface area contributed by atoms with Gasteiger partial charge in [0.2, 0.25) is 0 Å². The summed E-state index contributed by atoms with van der Waals surface area (Å²) in [6.45, 7) is 2.80. The number of carboxylic acid groups (broad SMARTS) is 1. The largest absolute Gasteiger partial charge is 0.494 e. The summed E-state index contributed by atoms with van der Waals surface area (Å²) < 4.78 is 5.91. The van der Waals surface area contributed by atoms with Crippen LogP contribution in [0.3, 0.4) is 0 Å². The molecule has 4 rings (SSSR count). The van der Waals surface area contributed by atoms with Gasteiger partial charge in [0.05, 0.1) is 36.0 Å². The number of aliphatic carboxylic acids is 1. The molecule has 2 aliphatic rings. The van der Waals surface area contributed by atoms with Crippen LogP contribution in [0.15, 0.2) is 23.2 Å². The van der Waals surface area contributed by atoms with Crippen molar-refractivity contribution in [3.05, 3.63) is 23.9 Å². The van der Waals surface area contributed by atoms with E-state index in [1.807, 2.05) is 0 Å². The van der Waals surface area contributed by atoms with Crippen LogP contribution in [-0.2, 0) is 4.79 Å². The Hall–Kier alpha value is -2.15. The molecule has 1 fully saturated rings. The summed E-state index contributed by atoms with van der Waals surface area (Å²) in [5.41, 5.74) is 3.10. The molecule has 0 saturated heterocycles. The van der Waals surface area contributed by atoms with Crippen LogP contribution < -0.4 is 10.1 Å². The lowest BCUT2D eigenvalue weighted by atomic mass is 10.1. The van der Waals surface area contributed by atoms with Crippen molar-refractivity contribution in [2.75, 3.05) is 17.7 Å². The SMILES string of the molecule is CCCOc1cc(NC2CCCC2)c2[nH]c(C3=NC(CC(=O)O)CS3)cc2c1. The number of hydrogen-bond donors (Lipinski definition) is 3. The monoisotopic (exact) mass is 401 g/mol. The van der Waals surface area contributed by atoms with Crippen LogP contribution in [0.4, 0.5) is 5.69 Å². The first-order valence-corrected chi connectivity index (χ1v) is 11.1. The van der Waals surface area contributed by atoms with Crippen LogP contribution in [0.25, 0.3) is 10.9 Å². The van der Waals surface area contributed by atoms with Gasteiger partial charge in [0, 0.05) is 23.2 Å². The third-order valence-electron chi connectivity index (χ3n) is 5.24. The molecule has 1 atom stereocenters. The number of aromatic amines is 1. The Morgan fingerprint density at radius 3 is 2.93 bits per heavy atom. The molecule has 1 saturated carbocycles. The van der Waals surface area contributed by atoms with E-state index in [2.05, 4.69) is 40.4 Å². The van der Waals surface area contributed by atoms with Gasteiger partial charge in [-0.25, -0.2) is 0 Å². The summed E-state index contributed by atoms with van der Waals surface area (Å²) in [6.07, 6.45) is 6.02. The second-order valence-electron chi connectivity index (χ2n) is 7.59. The van der Waals surface area contributed by atoms with Gasteiger partial charge in [-0.1, -0.05) is 19.8 Å². The van der Waals surface area contributed by atoms with E-state index in [1.165, 1.54) is 25.7 Å². The number of aliphatic imine (C=N–C) groups is 1. The van der Waals surface area contributed by atoms with Crippen LogP contribution in [0.1, 0.15) is 51.1 Å². The fourth-order valence-electron chi connectivity index (χ4n) is 3.91. The number of nitrogens with zero attached hydrogens (tertiary/aromatic N) is 1. The molecule has 3 N–H and O–H groups in total. The number of H-pyrrole nitrogens is 1. The topological polar surface area (TPSA) is 86.7 Å². The minimum atomic E-state index is -0.798. The van der Waals surface area contributed by atoms with E-state index in [1.54, 1.807) is 11.8 Å². The molecule has 28 heavy (non-hydrogen) atoms. The molecule has 150 valence electrons. The summed E-state index contributed by atoms with van der Waals surface area (Å²) in [4.78, 5) is 19.1. The second-order valence-corrected chi connectivity index (χ2v) is 8.60. The third-order valence-corrected chi connectivity index (χ3v) is 6.39. The molecule has 1 aromatic heterocycles. The molecule has 0 amide bonds. The summed E-state index contributed by atoms with van der Waals surface area (Å²) in [7, 11) is 0. The average molecular weight is 402 g/mol. The zero-order chi connectivity index (χ0) is 19.5. The van der Waals surface area contributed by atoms with Crippen molar-refractivity contribution in [2.24, 2.45) is 4.99 Å². The van der Waals surface area contributed by atoms with Gasteiger partial charge in [-0.15, -0.1) is 11.8 Å². The number of aromatic nitrogens is 1. The zero-order valence-electron chi connectivity index (χ0n) is 16.2. The lowest BCUT2D eigenvalue weighted by molar-refractivity contribution is -0.137. The van der Waals surface area contributed by atoms with Crippen molar-refractivity contribution in [1.29, 1.82) is 0 Å². The van der Waals surface area contributed by atoms with Gasteiger partial charge >= 0.3 is 5.97 Å². The number of nitrogens with one attached hydrogen (secondary N) is 2. The summed E-state index contributed by atoms with van der Waals surface area (Å²) >= 11 is 1.62. The number of thioether (sulfide) groups is 1. The van der Waals surface area contributed by atoms with Gasteiger partial charge in [0.15, 0.2) is 0 Å². The maximum absolute atomic E-state index is 11.0. The Kier molecular flexibility index (Phi) is 5.80. The average Bonchev–Trinajstić information content (AvgIpc) is 3.39. The van der Waals surface area contributed by atoms with Crippen LogP contribution in [-0.4, -0.2) is 45.5 Å². The van der Waals surface area contributed by atoms with Gasteiger partial charge in [0.25, 0.3) is 0 Å². The minimum Gasteiger partial charge on any atom is -0.494 e. The number of ether oxygens (including phenoxy) is 1. The molecule has 0 bridgehead atoms. The Morgan fingerprint density at radius 2 is 2.18 bits per heavy atom. The molecule has 1 unspecified atom stereocenters. The van der Waals surface area contributed by atoms with E-state index in [4.69, 9.17) is 9.84 Å². The third kappa shape index (κ3) is 4.29. The molecule has 0 radical (unpaired) electrons. The number of carboxylic acids is 1. The van der Waals surface area contributed by atoms with Gasteiger partial charge in [0.1, 0.15) is 10.8 Å². The fourth-order valence-corrected chi connectivity index (χ4v) is 4.94. The van der Waals surface area contributed by atoms with Crippen molar-refractivity contribution in [1.82, 2.24) is 4.98 Å². The van der Waals surface area contributed by atoms with E-state index in [-0.39, 0.29) is 12.5 Å². The standard InChI is InChI=1S/C21H27N3O3S/c1-2-7-27-16-8-13-9-18(21-23-15(12-28-21)10-19(25)26)24-20(13)17(11-16)22-14-5-3-4-6-14/h8-9,11,14-15,22,24H,2-7,10,12H2,1H3,(H,25,26). The van der Waals surface area contributed by atoms with Crippen molar-refractivity contribution >= 4 is 39.4 Å². The van der Waals surface area contributed by atoms with Crippen molar-refractivity contribution < 1.29 is 14.6 Å². The molecular weight excluding hydrogens is 374 g/mol. The molecule has 1 aromatic carbocycles.